The number of benzene rings is 2. The van der Waals surface area contributed by atoms with Gasteiger partial charge in [0.1, 0.15) is 0 Å². The summed E-state index contributed by atoms with van der Waals surface area (Å²) in [7, 11) is 0. The number of hydrogen-bond donors (Lipinski definition) is 0. The molecule has 0 saturated carbocycles. The molecular weight excluding hydrogens is 343 g/mol. The van der Waals surface area contributed by atoms with Crippen molar-refractivity contribution in [2.75, 3.05) is 0 Å². The lowest BCUT2D eigenvalue weighted by Gasteiger charge is -1.96. The molecule has 0 saturated heterocycles. The molecule has 0 aliphatic heterocycles. The van der Waals surface area contributed by atoms with Crippen LogP contribution in [0.3, 0.4) is 0 Å². The van der Waals surface area contributed by atoms with Crippen LogP contribution in [-0.2, 0) is 11.8 Å². The third kappa shape index (κ3) is 6.18. The fraction of sp³-hybridized carbons (Fsp3) is 0.176. The van der Waals surface area contributed by atoms with Crippen molar-refractivity contribution in [2.45, 2.75) is 18.7 Å². The zero-order valence-electron chi connectivity index (χ0n) is 12.0. The van der Waals surface area contributed by atoms with Crippen molar-refractivity contribution in [3.8, 4) is 0 Å². The molecule has 0 aliphatic rings. The Hall–Kier alpha value is -1.35. The van der Waals surface area contributed by atoms with E-state index in [1.807, 2.05) is 12.1 Å². The van der Waals surface area contributed by atoms with E-state index in [2.05, 4.69) is 0 Å². The second-order valence-corrected chi connectivity index (χ2v) is 5.37. The Bertz CT molecular complexity index is 562. The first-order valence-corrected chi connectivity index (χ1v) is 7.93. The van der Waals surface area contributed by atoms with Crippen LogP contribution in [-0.4, -0.2) is 11.0 Å². The predicted octanol–water partition coefficient (Wildman–Crippen LogP) is 5.43. The first-order valence-electron chi connectivity index (χ1n) is 6.48. The molecule has 0 amide bonds. The summed E-state index contributed by atoms with van der Waals surface area (Å²) in [5.41, 5.74) is 3.25. The highest BCUT2D eigenvalue weighted by Gasteiger charge is 1.99. The van der Waals surface area contributed by atoms with Gasteiger partial charge >= 0.3 is 0 Å². The third-order valence-corrected chi connectivity index (χ3v) is 3.69. The molecule has 0 bridgehead atoms. The Labute approximate surface area is 145 Å². The van der Waals surface area contributed by atoms with Crippen molar-refractivity contribution in [2.24, 2.45) is 0 Å². The summed E-state index contributed by atoms with van der Waals surface area (Å²) in [6.45, 7) is 1.55. The van der Waals surface area contributed by atoms with E-state index in [9.17, 15) is 9.59 Å². The van der Waals surface area contributed by atoms with Gasteiger partial charge < -0.3 is 0 Å². The summed E-state index contributed by atoms with van der Waals surface area (Å²) >= 11 is 16.3. The lowest BCUT2D eigenvalue weighted by Crippen LogP contribution is -1.90. The summed E-state index contributed by atoms with van der Waals surface area (Å²) in [6, 6.07) is 14.2. The van der Waals surface area contributed by atoms with Crippen molar-refractivity contribution in [3.63, 3.8) is 0 Å². The maximum atomic E-state index is 10.8. The average molecular weight is 358 g/mol. The molecule has 22 heavy (non-hydrogen) atoms. The molecule has 0 unspecified atom stereocenters. The number of alkyl halides is 2. The van der Waals surface area contributed by atoms with E-state index < -0.39 is 5.24 Å². The van der Waals surface area contributed by atoms with Crippen molar-refractivity contribution >= 4 is 45.8 Å². The average Bonchev–Trinajstić information content (AvgIpc) is 2.55. The van der Waals surface area contributed by atoms with Crippen molar-refractivity contribution in [1.29, 1.82) is 0 Å². The van der Waals surface area contributed by atoms with Gasteiger partial charge in [-0.1, -0.05) is 36.4 Å². The summed E-state index contributed by atoms with van der Waals surface area (Å²) < 4.78 is 0. The van der Waals surface area contributed by atoms with Gasteiger partial charge in [-0.15, -0.1) is 23.2 Å². The number of halogens is 3. The highest BCUT2D eigenvalue weighted by Crippen LogP contribution is 2.08. The first kappa shape index (κ1) is 18.7. The Balaban J connectivity index is 0.000000220. The Morgan fingerprint density at radius 1 is 0.773 bits per heavy atom. The van der Waals surface area contributed by atoms with Crippen LogP contribution in [0.15, 0.2) is 48.5 Å². The van der Waals surface area contributed by atoms with E-state index in [0.717, 1.165) is 16.7 Å². The summed E-state index contributed by atoms with van der Waals surface area (Å²) in [5, 5.41) is -0.439. The van der Waals surface area contributed by atoms with Gasteiger partial charge in [0.25, 0.3) is 5.24 Å². The molecule has 0 aromatic heterocycles. The van der Waals surface area contributed by atoms with Crippen molar-refractivity contribution in [3.05, 3.63) is 70.8 Å². The van der Waals surface area contributed by atoms with Gasteiger partial charge in [0.15, 0.2) is 5.78 Å². The number of rotatable bonds is 4. The van der Waals surface area contributed by atoms with E-state index in [4.69, 9.17) is 34.8 Å². The summed E-state index contributed by atoms with van der Waals surface area (Å²) in [5.74, 6) is 1.04. The molecule has 116 valence electrons. The molecule has 0 heterocycles. The molecule has 0 N–H and O–H groups in total. The Morgan fingerprint density at radius 3 is 1.41 bits per heavy atom. The van der Waals surface area contributed by atoms with Gasteiger partial charge in [-0.25, -0.2) is 0 Å². The maximum absolute atomic E-state index is 10.8. The molecule has 0 fully saturated rings. The first-order chi connectivity index (χ1) is 10.5. The highest BCUT2D eigenvalue weighted by atomic mass is 35.5. The molecule has 0 aliphatic carbocycles. The van der Waals surface area contributed by atoms with Crippen LogP contribution in [0.25, 0.3) is 0 Å². The van der Waals surface area contributed by atoms with E-state index in [1.54, 1.807) is 43.3 Å². The predicted molar refractivity (Wildman–Crippen MR) is 92.2 cm³/mol. The number of carbonyl (C=O) groups excluding carboxylic acids is 2. The largest absolute Gasteiger partial charge is 0.295 e. The van der Waals surface area contributed by atoms with Crippen LogP contribution in [0.5, 0.6) is 0 Å². The van der Waals surface area contributed by atoms with Crippen molar-refractivity contribution < 1.29 is 9.59 Å². The molecule has 2 nitrogen and oxygen atoms in total. The van der Waals surface area contributed by atoms with Crippen LogP contribution in [0.1, 0.15) is 38.8 Å². The zero-order chi connectivity index (χ0) is 16.5. The van der Waals surface area contributed by atoms with Crippen LogP contribution >= 0.6 is 34.8 Å². The third-order valence-electron chi connectivity index (χ3n) is 2.85. The van der Waals surface area contributed by atoms with Gasteiger partial charge in [-0.05, 0) is 41.8 Å². The molecule has 0 spiro atoms. The zero-order valence-corrected chi connectivity index (χ0v) is 14.3. The fourth-order valence-corrected chi connectivity index (χ4v) is 2.04. The second-order valence-electron chi connectivity index (χ2n) is 4.49. The SMILES string of the molecule is CC(=O)c1ccc(CCl)cc1.O=C(Cl)c1ccc(CCl)cc1. The molecule has 2 aromatic rings. The Morgan fingerprint density at radius 2 is 1.14 bits per heavy atom. The fourth-order valence-electron chi connectivity index (χ4n) is 1.55. The maximum Gasteiger partial charge on any atom is 0.252 e. The molecule has 0 atom stereocenters. The molecular formula is C17H15Cl3O2. The lowest BCUT2D eigenvalue weighted by molar-refractivity contribution is 0.101. The van der Waals surface area contributed by atoms with Gasteiger partial charge in [0.2, 0.25) is 0 Å². The van der Waals surface area contributed by atoms with Crippen LogP contribution < -0.4 is 0 Å². The van der Waals surface area contributed by atoms with Gasteiger partial charge in [0, 0.05) is 22.9 Å². The van der Waals surface area contributed by atoms with Gasteiger partial charge in [-0.2, -0.15) is 0 Å². The number of Topliss-reactive ketones (excluding diaryl/α,β-unsaturated/α-hetero) is 1. The van der Waals surface area contributed by atoms with Crippen molar-refractivity contribution in [1.82, 2.24) is 0 Å². The quantitative estimate of drug-likeness (QED) is 0.415. The van der Waals surface area contributed by atoms with E-state index >= 15 is 0 Å². The molecule has 2 rings (SSSR count). The number of ketones is 1. The minimum absolute atomic E-state index is 0.0890. The standard InChI is InChI=1S/C9H9ClO.C8H6Cl2O/c1-7(11)9-4-2-8(6-10)3-5-9;9-5-6-1-3-7(4-2-6)8(10)11/h2-5H,6H2,1H3;1-4H,5H2. The van der Waals surface area contributed by atoms with E-state index in [1.165, 1.54) is 0 Å². The number of hydrogen-bond acceptors (Lipinski definition) is 2. The molecule has 0 radical (unpaired) electrons. The monoisotopic (exact) mass is 356 g/mol. The van der Waals surface area contributed by atoms with Crippen LogP contribution in [0.2, 0.25) is 0 Å². The van der Waals surface area contributed by atoms with E-state index in [-0.39, 0.29) is 5.78 Å². The topological polar surface area (TPSA) is 34.1 Å². The lowest BCUT2D eigenvalue weighted by atomic mass is 10.1. The van der Waals surface area contributed by atoms with Crippen LogP contribution in [0, 0.1) is 0 Å². The smallest absolute Gasteiger partial charge is 0.252 e. The minimum atomic E-state index is -0.439. The highest BCUT2D eigenvalue weighted by molar-refractivity contribution is 6.67. The second kappa shape index (κ2) is 9.62. The molecule has 2 aromatic carbocycles. The summed E-state index contributed by atoms with van der Waals surface area (Å²) in [6.07, 6.45) is 0. The van der Waals surface area contributed by atoms with Gasteiger partial charge in [-0.3, -0.25) is 9.59 Å². The van der Waals surface area contributed by atoms with Crippen LogP contribution in [0.4, 0.5) is 0 Å². The van der Waals surface area contributed by atoms with E-state index in [0.29, 0.717) is 17.3 Å². The summed E-state index contributed by atoms with van der Waals surface area (Å²) in [4.78, 5) is 21.4. The normalized spacial score (nSPS) is 9.64. The number of carbonyl (C=O) groups is 2. The molecule has 5 heteroatoms. The van der Waals surface area contributed by atoms with Gasteiger partial charge in [0.05, 0.1) is 0 Å². The Kier molecular flexibility index (Phi) is 8.18. The minimum Gasteiger partial charge on any atom is -0.295 e.